The fourth-order valence-corrected chi connectivity index (χ4v) is 4.36. The lowest BCUT2D eigenvalue weighted by Crippen LogP contribution is -2.32. The molecular formula is C18H19ClN2O3S. The summed E-state index contributed by atoms with van der Waals surface area (Å²) in [4.78, 5) is 20.4. The van der Waals surface area contributed by atoms with Gasteiger partial charge in [-0.1, -0.05) is 11.6 Å². The predicted octanol–water partition coefficient (Wildman–Crippen LogP) is 4.36. The quantitative estimate of drug-likeness (QED) is 0.776. The maximum Gasteiger partial charge on any atom is 0.280 e. The van der Waals surface area contributed by atoms with Gasteiger partial charge in [0, 0.05) is 35.6 Å². The molecule has 2 aliphatic rings. The fraction of sp³-hybridized carbons (Fsp3) is 0.444. The van der Waals surface area contributed by atoms with Crippen LogP contribution in [0.5, 0.6) is 0 Å². The summed E-state index contributed by atoms with van der Waals surface area (Å²) in [5.74, 6) is 1.72. The molecule has 4 rings (SSSR count). The monoisotopic (exact) mass is 378 g/mol. The van der Waals surface area contributed by atoms with Gasteiger partial charge < -0.3 is 14.1 Å². The average molecular weight is 379 g/mol. The fourth-order valence-electron chi connectivity index (χ4n) is 3.22. The SMILES string of the molecule is O=C(c1coc(C2CCOCC2)n1)N1CCCSc2ccc(Cl)cc21. The number of hydrogen-bond donors (Lipinski definition) is 0. The number of carbonyl (C=O) groups is 1. The number of hydrogen-bond acceptors (Lipinski definition) is 5. The Bertz CT molecular complexity index is 773. The molecule has 0 aliphatic carbocycles. The molecule has 1 fully saturated rings. The second-order valence-electron chi connectivity index (χ2n) is 6.23. The van der Waals surface area contributed by atoms with Crippen molar-refractivity contribution < 1.29 is 13.9 Å². The van der Waals surface area contributed by atoms with Crippen LogP contribution in [0.3, 0.4) is 0 Å². The van der Waals surface area contributed by atoms with E-state index in [1.165, 1.54) is 6.26 Å². The Hall–Kier alpha value is -1.50. The highest BCUT2D eigenvalue weighted by atomic mass is 35.5. The Labute approximate surface area is 155 Å². The van der Waals surface area contributed by atoms with E-state index in [1.54, 1.807) is 16.7 Å². The minimum absolute atomic E-state index is 0.131. The van der Waals surface area contributed by atoms with Gasteiger partial charge in [0.25, 0.3) is 5.91 Å². The molecule has 1 aromatic heterocycles. The van der Waals surface area contributed by atoms with Gasteiger partial charge in [-0.15, -0.1) is 11.8 Å². The van der Waals surface area contributed by atoms with E-state index in [2.05, 4.69) is 4.98 Å². The average Bonchev–Trinajstić information content (AvgIpc) is 3.04. The van der Waals surface area contributed by atoms with Crippen molar-refractivity contribution in [1.29, 1.82) is 0 Å². The first-order chi connectivity index (χ1) is 12.2. The summed E-state index contributed by atoms with van der Waals surface area (Å²) in [6.07, 6.45) is 4.17. The minimum Gasteiger partial charge on any atom is -0.448 e. The predicted molar refractivity (Wildman–Crippen MR) is 97.8 cm³/mol. The summed E-state index contributed by atoms with van der Waals surface area (Å²) in [6.45, 7) is 2.08. The van der Waals surface area contributed by atoms with Crippen LogP contribution >= 0.6 is 23.4 Å². The largest absolute Gasteiger partial charge is 0.448 e. The molecule has 0 bridgehead atoms. The normalized spacial score (nSPS) is 18.7. The van der Waals surface area contributed by atoms with Crippen molar-refractivity contribution in [2.75, 3.05) is 30.4 Å². The molecule has 25 heavy (non-hydrogen) atoms. The third-order valence-electron chi connectivity index (χ3n) is 4.55. The molecule has 3 heterocycles. The Morgan fingerprint density at radius 1 is 1.32 bits per heavy atom. The van der Waals surface area contributed by atoms with Crippen LogP contribution in [-0.4, -0.2) is 36.4 Å². The van der Waals surface area contributed by atoms with Crippen molar-refractivity contribution >= 4 is 35.0 Å². The zero-order chi connectivity index (χ0) is 17.2. The Morgan fingerprint density at radius 3 is 3.00 bits per heavy atom. The van der Waals surface area contributed by atoms with E-state index in [0.717, 1.165) is 35.6 Å². The summed E-state index contributed by atoms with van der Waals surface area (Å²) in [6, 6.07) is 5.69. The highest BCUT2D eigenvalue weighted by Crippen LogP contribution is 2.36. The zero-order valence-electron chi connectivity index (χ0n) is 13.7. The van der Waals surface area contributed by atoms with Crippen molar-refractivity contribution in [2.45, 2.75) is 30.1 Å². The lowest BCUT2D eigenvalue weighted by atomic mass is 10.0. The maximum absolute atomic E-state index is 13.0. The van der Waals surface area contributed by atoms with Crippen LogP contribution in [0.4, 0.5) is 5.69 Å². The molecule has 2 aromatic rings. The zero-order valence-corrected chi connectivity index (χ0v) is 15.3. The Morgan fingerprint density at radius 2 is 2.16 bits per heavy atom. The van der Waals surface area contributed by atoms with E-state index in [4.69, 9.17) is 20.8 Å². The molecule has 5 nitrogen and oxygen atoms in total. The summed E-state index contributed by atoms with van der Waals surface area (Å²) in [7, 11) is 0. The van der Waals surface area contributed by atoms with Crippen LogP contribution in [0.1, 0.15) is 41.6 Å². The van der Waals surface area contributed by atoms with Crippen LogP contribution in [0, 0.1) is 0 Å². The molecule has 0 saturated carbocycles. The van der Waals surface area contributed by atoms with Crippen LogP contribution in [0.2, 0.25) is 5.02 Å². The van der Waals surface area contributed by atoms with Gasteiger partial charge in [-0.25, -0.2) is 4.98 Å². The van der Waals surface area contributed by atoms with Gasteiger partial charge >= 0.3 is 0 Å². The van der Waals surface area contributed by atoms with Crippen LogP contribution in [0.25, 0.3) is 0 Å². The van der Waals surface area contributed by atoms with Crippen LogP contribution in [-0.2, 0) is 4.74 Å². The molecule has 0 spiro atoms. The first-order valence-corrected chi connectivity index (χ1v) is 9.86. The van der Waals surface area contributed by atoms with Gasteiger partial charge in [0.05, 0.1) is 5.69 Å². The molecule has 2 aliphatic heterocycles. The number of halogens is 1. The molecule has 0 radical (unpaired) electrons. The number of amides is 1. The molecule has 7 heteroatoms. The number of rotatable bonds is 2. The standard InChI is InChI=1S/C18H19ClN2O3S/c19-13-2-3-16-15(10-13)21(6-1-9-25-16)18(22)14-11-24-17(20-14)12-4-7-23-8-5-12/h2-3,10-12H,1,4-9H2. The molecule has 1 saturated heterocycles. The first-order valence-electron chi connectivity index (χ1n) is 8.50. The number of nitrogens with zero attached hydrogens (tertiary/aromatic N) is 2. The lowest BCUT2D eigenvalue weighted by Gasteiger charge is -2.21. The number of thioether (sulfide) groups is 1. The van der Waals surface area contributed by atoms with Gasteiger partial charge in [-0.3, -0.25) is 4.79 Å². The van der Waals surface area contributed by atoms with Crippen molar-refractivity contribution in [2.24, 2.45) is 0 Å². The van der Waals surface area contributed by atoms with E-state index in [0.29, 0.717) is 36.4 Å². The van der Waals surface area contributed by atoms with Gasteiger partial charge in [0.15, 0.2) is 11.6 Å². The van der Waals surface area contributed by atoms with Gasteiger partial charge in [-0.2, -0.15) is 0 Å². The smallest absolute Gasteiger partial charge is 0.280 e. The molecule has 0 N–H and O–H groups in total. The lowest BCUT2D eigenvalue weighted by molar-refractivity contribution is 0.0794. The van der Waals surface area contributed by atoms with Gasteiger partial charge in [0.1, 0.15) is 6.26 Å². The van der Waals surface area contributed by atoms with Crippen molar-refractivity contribution in [3.8, 4) is 0 Å². The summed E-state index contributed by atoms with van der Waals surface area (Å²) in [5.41, 5.74) is 1.22. The van der Waals surface area contributed by atoms with Crippen LogP contribution in [0.15, 0.2) is 33.8 Å². The second kappa shape index (κ2) is 7.40. The summed E-state index contributed by atoms with van der Waals surface area (Å²) >= 11 is 7.91. The van der Waals surface area contributed by atoms with E-state index >= 15 is 0 Å². The first kappa shape index (κ1) is 16.9. The highest BCUT2D eigenvalue weighted by molar-refractivity contribution is 7.99. The van der Waals surface area contributed by atoms with E-state index < -0.39 is 0 Å². The summed E-state index contributed by atoms with van der Waals surface area (Å²) in [5, 5.41) is 0.627. The van der Waals surface area contributed by atoms with Crippen molar-refractivity contribution in [3.05, 3.63) is 41.1 Å². The van der Waals surface area contributed by atoms with Gasteiger partial charge in [-0.05, 0) is 43.2 Å². The number of fused-ring (bicyclic) bond motifs is 1. The Balaban J connectivity index is 1.60. The highest BCUT2D eigenvalue weighted by Gasteiger charge is 2.27. The number of aromatic nitrogens is 1. The summed E-state index contributed by atoms with van der Waals surface area (Å²) < 4.78 is 11.0. The third kappa shape index (κ3) is 3.57. The molecular weight excluding hydrogens is 360 g/mol. The minimum atomic E-state index is -0.131. The van der Waals surface area contributed by atoms with E-state index in [9.17, 15) is 4.79 Å². The van der Waals surface area contributed by atoms with E-state index in [1.807, 2.05) is 18.2 Å². The topological polar surface area (TPSA) is 55.6 Å². The number of ether oxygens (including phenoxy) is 1. The third-order valence-corrected chi connectivity index (χ3v) is 5.94. The number of anilines is 1. The number of carbonyl (C=O) groups excluding carboxylic acids is 1. The van der Waals surface area contributed by atoms with Gasteiger partial charge in [0.2, 0.25) is 0 Å². The Kier molecular flexibility index (Phi) is 5.01. The molecule has 132 valence electrons. The number of oxazole rings is 1. The van der Waals surface area contributed by atoms with Crippen LogP contribution < -0.4 is 4.90 Å². The molecule has 0 atom stereocenters. The van der Waals surface area contributed by atoms with E-state index in [-0.39, 0.29) is 11.8 Å². The molecule has 0 unspecified atom stereocenters. The number of benzene rings is 1. The van der Waals surface area contributed by atoms with Crippen molar-refractivity contribution in [1.82, 2.24) is 4.98 Å². The molecule has 1 amide bonds. The van der Waals surface area contributed by atoms with Crippen molar-refractivity contribution in [3.63, 3.8) is 0 Å². The maximum atomic E-state index is 13.0. The second-order valence-corrected chi connectivity index (χ2v) is 7.80. The molecule has 1 aromatic carbocycles.